The molecule has 0 aliphatic heterocycles. The third kappa shape index (κ3) is 4.62. The highest BCUT2D eigenvalue weighted by Gasteiger charge is 2.03. The average molecular weight is 171 g/mol. The molecular weight excluding hydrogens is 158 g/mol. The van der Waals surface area contributed by atoms with Crippen LogP contribution in [0.15, 0.2) is 11.6 Å². The quantitative estimate of drug-likeness (QED) is 0.277. The van der Waals surface area contributed by atoms with Crippen LogP contribution in [0.25, 0.3) is 0 Å². The first-order valence-electron chi connectivity index (χ1n) is 3.61. The summed E-state index contributed by atoms with van der Waals surface area (Å²) >= 11 is 0. The fourth-order valence-corrected chi connectivity index (χ4v) is 0.664. The van der Waals surface area contributed by atoms with Gasteiger partial charge in [0.2, 0.25) is 0 Å². The lowest BCUT2D eigenvalue weighted by molar-refractivity contribution is -0.133. The number of carboxylic acids is 1. The maximum atomic E-state index is 10.3. The Morgan fingerprint density at radius 2 is 2.08 bits per heavy atom. The standard InChI is InChI=1S/C8H13NO3/c1-9(2)5-3-4-7(6-10)8(11)12/h4,6H,3,5H2,1-2H3,(H,11,12). The van der Waals surface area contributed by atoms with Gasteiger partial charge in [0.25, 0.3) is 0 Å². The van der Waals surface area contributed by atoms with Gasteiger partial charge in [0.1, 0.15) is 0 Å². The molecule has 4 nitrogen and oxygen atoms in total. The van der Waals surface area contributed by atoms with Gasteiger partial charge >= 0.3 is 5.97 Å². The Kier molecular flexibility index (Phi) is 4.96. The first kappa shape index (κ1) is 10.8. The van der Waals surface area contributed by atoms with Crippen molar-refractivity contribution in [1.29, 1.82) is 0 Å². The summed E-state index contributed by atoms with van der Waals surface area (Å²) in [7, 11) is 3.77. The topological polar surface area (TPSA) is 57.6 Å². The van der Waals surface area contributed by atoms with Crippen LogP contribution in [0.1, 0.15) is 6.42 Å². The number of hydrogen-bond acceptors (Lipinski definition) is 3. The first-order chi connectivity index (χ1) is 5.57. The number of nitrogens with zero attached hydrogens (tertiary/aromatic N) is 1. The molecule has 1 N–H and O–H groups in total. The van der Waals surface area contributed by atoms with E-state index < -0.39 is 5.97 Å². The smallest absolute Gasteiger partial charge is 0.338 e. The number of rotatable bonds is 5. The van der Waals surface area contributed by atoms with E-state index in [9.17, 15) is 9.59 Å². The van der Waals surface area contributed by atoms with E-state index >= 15 is 0 Å². The second-order valence-corrected chi connectivity index (χ2v) is 2.67. The number of aliphatic carboxylic acids is 1. The van der Waals surface area contributed by atoms with Gasteiger partial charge in [-0.05, 0) is 20.5 Å². The van der Waals surface area contributed by atoms with Gasteiger partial charge in [-0.15, -0.1) is 0 Å². The van der Waals surface area contributed by atoms with Gasteiger partial charge in [0.15, 0.2) is 6.29 Å². The van der Waals surface area contributed by atoms with E-state index in [1.54, 1.807) is 0 Å². The van der Waals surface area contributed by atoms with Gasteiger partial charge in [-0.3, -0.25) is 4.79 Å². The summed E-state index contributed by atoms with van der Waals surface area (Å²) in [6.45, 7) is 0.741. The van der Waals surface area contributed by atoms with Crippen molar-refractivity contribution in [2.24, 2.45) is 0 Å². The van der Waals surface area contributed by atoms with Crippen LogP contribution in [0, 0.1) is 0 Å². The first-order valence-corrected chi connectivity index (χ1v) is 3.61. The number of carbonyl (C=O) groups is 2. The molecule has 0 amide bonds. The average Bonchev–Trinajstić information content (AvgIpc) is 1.96. The van der Waals surface area contributed by atoms with E-state index in [0.29, 0.717) is 12.7 Å². The Balaban J connectivity index is 3.95. The van der Waals surface area contributed by atoms with Crippen molar-refractivity contribution < 1.29 is 14.7 Å². The summed E-state index contributed by atoms with van der Waals surface area (Å²) in [6.07, 6.45) is 2.36. The monoisotopic (exact) mass is 171 g/mol. The van der Waals surface area contributed by atoms with E-state index in [-0.39, 0.29) is 5.57 Å². The zero-order valence-corrected chi connectivity index (χ0v) is 7.28. The minimum Gasteiger partial charge on any atom is -0.478 e. The van der Waals surface area contributed by atoms with Crippen LogP contribution in [-0.4, -0.2) is 42.9 Å². The lowest BCUT2D eigenvalue weighted by atomic mass is 10.2. The molecule has 0 bridgehead atoms. The lowest BCUT2D eigenvalue weighted by Crippen LogP contribution is -2.12. The number of hydrogen-bond donors (Lipinski definition) is 1. The predicted octanol–water partition coefficient (Wildman–Crippen LogP) is 0.148. The molecule has 68 valence electrons. The van der Waals surface area contributed by atoms with Crippen LogP contribution in [0.5, 0.6) is 0 Å². The molecule has 0 saturated heterocycles. The number of aldehydes is 1. The molecule has 0 atom stereocenters. The fraction of sp³-hybridized carbons (Fsp3) is 0.500. The minimum atomic E-state index is -1.16. The lowest BCUT2D eigenvalue weighted by Gasteiger charge is -2.05. The van der Waals surface area contributed by atoms with E-state index in [4.69, 9.17) is 5.11 Å². The Morgan fingerprint density at radius 3 is 2.42 bits per heavy atom. The molecule has 0 rings (SSSR count). The third-order valence-corrected chi connectivity index (χ3v) is 1.31. The van der Waals surface area contributed by atoms with Crippen LogP contribution in [-0.2, 0) is 9.59 Å². The summed E-state index contributed by atoms with van der Waals surface area (Å²) < 4.78 is 0. The Hall–Kier alpha value is -1.16. The van der Waals surface area contributed by atoms with Crippen molar-refractivity contribution in [1.82, 2.24) is 4.90 Å². The maximum Gasteiger partial charge on any atom is 0.338 e. The zero-order chi connectivity index (χ0) is 9.56. The second kappa shape index (κ2) is 5.49. The van der Waals surface area contributed by atoms with E-state index in [0.717, 1.165) is 6.54 Å². The van der Waals surface area contributed by atoms with Crippen LogP contribution < -0.4 is 0 Å². The molecule has 0 spiro atoms. The van der Waals surface area contributed by atoms with Crippen LogP contribution in [0.4, 0.5) is 0 Å². The molecule has 12 heavy (non-hydrogen) atoms. The van der Waals surface area contributed by atoms with Crippen molar-refractivity contribution in [2.45, 2.75) is 6.42 Å². The summed E-state index contributed by atoms with van der Waals surface area (Å²) in [5, 5.41) is 8.43. The van der Waals surface area contributed by atoms with E-state index in [1.165, 1.54) is 6.08 Å². The Labute approximate surface area is 71.5 Å². The molecule has 0 aliphatic carbocycles. The second-order valence-electron chi connectivity index (χ2n) is 2.67. The Bertz CT molecular complexity index is 196. The summed E-state index contributed by atoms with van der Waals surface area (Å²) in [5.74, 6) is -1.16. The van der Waals surface area contributed by atoms with Gasteiger partial charge < -0.3 is 10.0 Å². The van der Waals surface area contributed by atoms with Crippen LogP contribution in [0.3, 0.4) is 0 Å². The molecule has 0 aliphatic rings. The van der Waals surface area contributed by atoms with Crippen molar-refractivity contribution in [3.63, 3.8) is 0 Å². The molecule has 0 aromatic rings. The van der Waals surface area contributed by atoms with Gasteiger partial charge in [0, 0.05) is 6.54 Å². The van der Waals surface area contributed by atoms with Crippen LogP contribution >= 0.6 is 0 Å². The molecule has 0 radical (unpaired) electrons. The summed E-state index contributed by atoms with van der Waals surface area (Å²) in [5.41, 5.74) is -0.170. The number of carbonyl (C=O) groups excluding carboxylic acids is 1. The SMILES string of the molecule is CN(C)CCC=C(C=O)C(=O)O. The Morgan fingerprint density at radius 1 is 1.50 bits per heavy atom. The molecule has 0 aromatic heterocycles. The summed E-state index contributed by atoms with van der Waals surface area (Å²) in [6, 6.07) is 0. The zero-order valence-electron chi connectivity index (χ0n) is 7.28. The van der Waals surface area contributed by atoms with Gasteiger partial charge in [-0.2, -0.15) is 0 Å². The van der Waals surface area contributed by atoms with Crippen LogP contribution in [0.2, 0.25) is 0 Å². The number of carboxylic acid groups (broad SMARTS) is 1. The fourth-order valence-electron chi connectivity index (χ4n) is 0.664. The highest BCUT2D eigenvalue weighted by atomic mass is 16.4. The molecular formula is C8H13NO3. The highest BCUT2D eigenvalue weighted by Crippen LogP contribution is 1.94. The van der Waals surface area contributed by atoms with Crippen molar-refractivity contribution in [2.75, 3.05) is 20.6 Å². The van der Waals surface area contributed by atoms with Crippen molar-refractivity contribution >= 4 is 12.3 Å². The van der Waals surface area contributed by atoms with Gasteiger partial charge in [0.05, 0.1) is 5.57 Å². The molecule has 4 heteroatoms. The van der Waals surface area contributed by atoms with Gasteiger partial charge in [-0.25, -0.2) is 4.79 Å². The minimum absolute atomic E-state index is 0.170. The summed E-state index contributed by atoms with van der Waals surface area (Å²) in [4.78, 5) is 22.4. The van der Waals surface area contributed by atoms with Crippen molar-refractivity contribution in [3.05, 3.63) is 11.6 Å². The molecule has 0 aromatic carbocycles. The molecule has 0 fully saturated rings. The predicted molar refractivity (Wildman–Crippen MR) is 45.0 cm³/mol. The molecule has 0 unspecified atom stereocenters. The largest absolute Gasteiger partial charge is 0.478 e. The maximum absolute atomic E-state index is 10.3. The highest BCUT2D eigenvalue weighted by molar-refractivity contribution is 6.06. The van der Waals surface area contributed by atoms with E-state index in [2.05, 4.69) is 0 Å². The molecule has 0 heterocycles. The van der Waals surface area contributed by atoms with E-state index in [1.807, 2.05) is 19.0 Å². The molecule has 0 saturated carbocycles. The third-order valence-electron chi connectivity index (χ3n) is 1.31. The van der Waals surface area contributed by atoms with Crippen molar-refractivity contribution in [3.8, 4) is 0 Å². The normalized spacial score (nSPS) is 11.8. The van der Waals surface area contributed by atoms with Gasteiger partial charge in [-0.1, -0.05) is 6.08 Å².